The molecule has 1 unspecified atom stereocenters. The highest BCUT2D eigenvalue weighted by atomic mass is 31.2. The minimum atomic E-state index is -2.71. The summed E-state index contributed by atoms with van der Waals surface area (Å²) in [7, 11) is -2.71. The van der Waals surface area contributed by atoms with Gasteiger partial charge in [-0.25, -0.2) is 8.78 Å². The highest BCUT2D eigenvalue weighted by Gasteiger charge is 2.34. The number of benzene rings is 2. The van der Waals surface area contributed by atoms with E-state index in [-0.39, 0.29) is 17.8 Å². The van der Waals surface area contributed by atoms with Crippen molar-refractivity contribution in [1.29, 1.82) is 0 Å². The molecule has 2 amide bonds. The topological polar surface area (TPSA) is 66.5 Å². The summed E-state index contributed by atoms with van der Waals surface area (Å²) in [4.78, 5) is 23.9. The number of hydrogen-bond acceptors (Lipinski definition) is 3. The van der Waals surface area contributed by atoms with Crippen molar-refractivity contribution in [3.63, 3.8) is 0 Å². The Morgan fingerprint density at radius 3 is 2.48 bits per heavy atom. The molecule has 0 saturated carbocycles. The third-order valence-electron chi connectivity index (χ3n) is 4.60. The fourth-order valence-electron chi connectivity index (χ4n) is 3.28. The minimum Gasteiger partial charge on any atom is -0.347 e. The molecule has 1 fully saturated rings. The van der Waals surface area contributed by atoms with Gasteiger partial charge in [-0.2, -0.15) is 0 Å². The molecule has 8 heteroatoms. The van der Waals surface area contributed by atoms with Crippen LogP contribution in [0.5, 0.6) is 0 Å². The van der Waals surface area contributed by atoms with E-state index < -0.39 is 30.7 Å². The first-order valence-electron chi connectivity index (χ1n) is 8.39. The second-order valence-electron chi connectivity index (χ2n) is 6.74. The lowest BCUT2D eigenvalue weighted by molar-refractivity contribution is -0.121. The number of carbonyl (C=O) groups is 2. The number of nitrogens with zero attached hydrogens (tertiary/aromatic N) is 1. The lowest BCUT2D eigenvalue weighted by atomic mass is 10.0. The molecule has 5 nitrogen and oxygen atoms in total. The van der Waals surface area contributed by atoms with E-state index in [9.17, 15) is 22.9 Å². The number of nitrogens with one attached hydrogen (secondary N) is 1. The highest BCUT2D eigenvalue weighted by molar-refractivity contribution is 7.70. The Bertz CT molecular complexity index is 958. The van der Waals surface area contributed by atoms with Gasteiger partial charge in [0.1, 0.15) is 13.2 Å². The molecule has 142 valence electrons. The maximum Gasteiger partial charge on any atom is 0.249 e. The maximum atomic E-state index is 14.9. The van der Waals surface area contributed by atoms with Gasteiger partial charge in [-0.1, -0.05) is 24.3 Å². The second-order valence-corrected chi connectivity index (χ2v) is 9.93. The molecule has 1 N–H and O–H groups in total. The number of carbonyl (C=O) groups excluding carboxylic acids is 2. The largest absolute Gasteiger partial charge is 0.347 e. The molecule has 3 rings (SSSR count). The summed E-state index contributed by atoms with van der Waals surface area (Å²) in [5, 5.41) is 2.83. The van der Waals surface area contributed by atoms with E-state index in [1.165, 1.54) is 12.1 Å². The number of rotatable bonds is 5. The fourth-order valence-corrected chi connectivity index (χ4v) is 4.50. The first kappa shape index (κ1) is 19.2. The van der Waals surface area contributed by atoms with Crippen LogP contribution in [0.1, 0.15) is 6.42 Å². The van der Waals surface area contributed by atoms with E-state index in [2.05, 4.69) is 5.32 Å². The van der Waals surface area contributed by atoms with Crippen LogP contribution in [-0.2, 0) is 14.2 Å². The molecule has 0 aromatic heterocycles. The zero-order valence-electron chi connectivity index (χ0n) is 14.9. The van der Waals surface area contributed by atoms with Crippen LogP contribution in [0.3, 0.4) is 0 Å². The monoisotopic (exact) mass is 392 g/mol. The zero-order valence-corrected chi connectivity index (χ0v) is 15.8. The van der Waals surface area contributed by atoms with Crippen LogP contribution in [0.4, 0.5) is 14.5 Å². The SMILES string of the molecule is CP(C)(=O)c1ccccc1-c1ccc(N2CCC(NC=O)C2=O)c(F)c1F. The number of amides is 2. The van der Waals surface area contributed by atoms with Crippen molar-refractivity contribution < 1.29 is 22.9 Å². The lowest BCUT2D eigenvalue weighted by Crippen LogP contribution is -2.38. The Kier molecular flexibility index (Phi) is 5.16. The van der Waals surface area contributed by atoms with Crippen molar-refractivity contribution >= 4 is 30.5 Å². The molecule has 1 aliphatic rings. The lowest BCUT2D eigenvalue weighted by Gasteiger charge is -2.20. The van der Waals surface area contributed by atoms with Crippen LogP contribution in [0.15, 0.2) is 36.4 Å². The first-order chi connectivity index (χ1) is 12.8. The number of anilines is 1. The van der Waals surface area contributed by atoms with E-state index in [0.717, 1.165) is 4.90 Å². The number of halogens is 2. The van der Waals surface area contributed by atoms with Crippen LogP contribution in [0, 0.1) is 11.6 Å². The van der Waals surface area contributed by atoms with Gasteiger partial charge in [0, 0.05) is 17.4 Å². The third kappa shape index (κ3) is 3.52. The van der Waals surface area contributed by atoms with Crippen molar-refractivity contribution in [3.05, 3.63) is 48.0 Å². The van der Waals surface area contributed by atoms with Gasteiger partial charge in [0.25, 0.3) is 0 Å². The minimum absolute atomic E-state index is 0.00927. The average molecular weight is 392 g/mol. The summed E-state index contributed by atoms with van der Waals surface area (Å²) >= 11 is 0. The summed E-state index contributed by atoms with van der Waals surface area (Å²) in [6.45, 7) is 3.31. The molecule has 1 saturated heterocycles. The predicted molar refractivity (Wildman–Crippen MR) is 101 cm³/mol. The summed E-state index contributed by atoms with van der Waals surface area (Å²) in [6, 6.07) is 8.58. The molecule has 0 radical (unpaired) electrons. The standard InChI is InChI=1S/C19H19F2N2O3P/c1-27(2,26)16-6-4-3-5-12(16)13-7-8-15(18(21)17(13)20)23-10-9-14(19(23)25)22-11-24/h3-8,11,14H,9-10H2,1-2H3,(H,22,24). The van der Waals surface area contributed by atoms with Gasteiger partial charge < -0.3 is 14.8 Å². The summed E-state index contributed by atoms with van der Waals surface area (Å²) in [6.07, 6.45) is 0.731. The van der Waals surface area contributed by atoms with Gasteiger partial charge in [0.2, 0.25) is 12.3 Å². The summed E-state index contributed by atoms with van der Waals surface area (Å²) < 4.78 is 42.2. The third-order valence-corrected chi connectivity index (χ3v) is 6.15. The van der Waals surface area contributed by atoms with E-state index >= 15 is 0 Å². The van der Waals surface area contributed by atoms with Crippen LogP contribution >= 0.6 is 7.14 Å². The van der Waals surface area contributed by atoms with Crippen molar-refractivity contribution in [2.75, 3.05) is 24.8 Å². The molecule has 1 atom stereocenters. The number of hydrogen-bond donors (Lipinski definition) is 1. The van der Waals surface area contributed by atoms with E-state index in [4.69, 9.17) is 0 Å². The average Bonchev–Trinajstić information content (AvgIpc) is 2.98. The second kappa shape index (κ2) is 7.24. The highest BCUT2D eigenvalue weighted by Crippen LogP contribution is 2.40. The molecule has 27 heavy (non-hydrogen) atoms. The summed E-state index contributed by atoms with van der Waals surface area (Å²) in [5.74, 6) is -2.74. The van der Waals surface area contributed by atoms with Crippen LogP contribution in [-0.4, -0.2) is 38.2 Å². The van der Waals surface area contributed by atoms with Crippen molar-refractivity contribution in [1.82, 2.24) is 5.32 Å². The Morgan fingerprint density at radius 2 is 1.81 bits per heavy atom. The maximum absolute atomic E-state index is 14.9. The normalized spacial score (nSPS) is 17.3. The van der Waals surface area contributed by atoms with Gasteiger partial charge >= 0.3 is 0 Å². The van der Waals surface area contributed by atoms with Gasteiger partial charge in [-0.15, -0.1) is 0 Å². The van der Waals surface area contributed by atoms with Crippen LogP contribution < -0.4 is 15.5 Å². The van der Waals surface area contributed by atoms with E-state index in [1.54, 1.807) is 37.6 Å². The molecule has 0 spiro atoms. The first-order valence-corrected chi connectivity index (χ1v) is 11.0. The van der Waals surface area contributed by atoms with Crippen LogP contribution in [0.2, 0.25) is 0 Å². The molecule has 1 heterocycles. The van der Waals surface area contributed by atoms with E-state index in [0.29, 0.717) is 23.7 Å². The zero-order chi connectivity index (χ0) is 19.8. The van der Waals surface area contributed by atoms with Gasteiger partial charge in [-0.3, -0.25) is 9.59 Å². The molecule has 1 aliphatic heterocycles. The molecule has 2 aromatic rings. The molecule has 0 bridgehead atoms. The van der Waals surface area contributed by atoms with Crippen molar-refractivity contribution in [2.24, 2.45) is 0 Å². The van der Waals surface area contributed by atoms with Gasteiger partial charge in [-0.05, 0) is 37.4 Å². The predicted octanol–water partition coefficient (Wildman–Crippen LogP) is 2.73. The van der Waals surface area contributed by atoms with Crippen molar-refractivity contribution in [2.45, 2.75) is 12.5 Å². The van der Waals surface area contributed by atoms with Gasteiger partial charge in [0.15, 0.2) is 11.6 Å². The molecular weight excluding hydrogens is 373 g/mol. The Hall–Kier alpha value is -2.53. The molecule has 2 aromatic carbocycles. The van der Waals surface area contributed by atoms with Gasteiger partial charge in [0.05, 0.1) is 5.69 Å². The quantitative estimate of drug-likeness (QED) is 0.629. The fraction of sp³-hybridized carbons (Fsp3) is 0.263. The Morgan fingerprint density at radius 1 is 1.11 bits per heavy atom. The van der Waals surface area contributed by atoms with E-state index in [1.807, 2.05) is 0 Å². The Balaban J connectivity index is 2.05. The summed E-state index contributed by atoms with van der Waals surface area (Å²) in [5.41, 5.74) is 0.178. The smallest absolute Gasteiger partial charge is 0.249 e. The van der Waals surface area contributed by atoms with Crippen LogP contribution in [0.25, 0.3) is 11.1 Å². The molecule has 0 aliphatic carbocycles. The van der Waals surface area contributed by atoms with Crippen molar-refractivity contribution in [3.8, 4) is 11.1 Å². The molecular formula is C19H19F2N2O3P. The Labute approximate surface area is 155 Å².